The monoisotopic (exact) mass is 434 g/mol. The standard InChI is InChI=1S/C19H19BrN2O3S/c1-21(2)26(24,25)16-8-9-18-15(13-16)11-12-22(18)19(23)10-7-14-5-3-4-6-17(14)20/h3-10,13H,11-12H2,1-2H3. The Hall–Kier alpha value is -1.96. The van der Waals surface area contributed by atoms with E-state index in [2.05, 4.69) is 15.9 Å². The highest BCUT2D eigenvalue weighted by molar-refractivity contribution is 9.10. The van der Waals surface area contributed by atoms with Gasteiger partial charge in [0.1, 0.15) is 0 Å². The molecule has 1 aliphatic rings. The lowest BCUT2D eigenvalue weighted by Gasteiger charge is -2.16. The Morgan fingerprint density at radius 1 is 1.19 bits per heavy atom. The first-order valence-electron chi connectivity index (χ1n) is 8.10. The van der Waals surface area contributed by atoms with Gasteiger partial charge in [0.25, 0.3) is 5.91 Å². The van der Waals surface area contributed by atoms with Crippen molar-refractivity contribution in [3.05, 3.63) is 64.1 Å². The number of carbonyl (C=O) groups is 1. The van der Waals surface area contributed by atoms with Crippen LogP contribution in [0.15, 0.2) is 57.9 Å². The zero-order valence-corrected chi connectivity index (χ0v) is 16.9. The molecular weight excluding hydrogens is 416 g/mol. The van der Waals surface area contributed by atoms with E-state index in [1.165, 1.54) is 18.4 Å². The number of benzene rings is 2. The molecule has 3 rings (SSSR count). The fourth-order valence-electron chi connectivity index (χ4n) is 2.84. The maximum absolute atomic E-state index is 12.6. The lowest BCUT2D eigenvalue weighted by atomic mass is 10.2. The van der Waals surface area contributed by atoms with Crippen molar-refractivity contribution in [1.82, 2.24) is 4.31 Å². The minimum Gasteiger partial charge on any atom is -0.308 e. The van der Waals surface area contributed by atoms with Gasteiger partial charge in [-0.05, 0) is 47.9 Å². The number of hydrogen-bond donors (Lipinski definition) is 0. The second-order valence-electron chi connectivity index (χ2n) is 6.17. The number of nitrogens with zero attached hydrogens (tertiary/aromatic N) is 2. The third-order valence-electron chi connectivity index (χ3n) is 4.30. The Bertz CT molecular complexity index is 984. The van der Waals surface area contributed by atoms with Crippen LogP contribution in [0.4, 0.5) is 5.69 Å². The summed E-state index contributed by atoms with van der Waals surface area (Å²) < 4.78 is 26.6. The summed E-state index contributed by atoms with van der Waals surface area (Å²) in [6, 6.07) is 12.6. The van der Waals surface area contributed by atoms with Gasteiger partial charge in [0.15, 0.2) is 0 Å². The molecule has 0 aliphatic carbocycles. The molecule has 5 nitrogen and oxygen atoms in total. The third-order valence-corrected chi connectivity index (χ3v) is 6.84. The number of halogens is 1. The molecule has 0 bridgehead atoms. The van der Waals surface area contributed by atoms with Crippen LogP contribution in [0.2, 0.25) is 0 Å². The second-order valence-corrected chi connectivity index (χ2v) is 9.18. The topological polar surface area (TPSA) is 57.7 Å². The highest BCUT2D eigenvalue weighted by Crippen LogP contribution is 2.31. The van der Waals surface area contributed by atoms with Crippen LogP contribution < -0.4 is 4.90 Å². The van der Waals surface area contributed by atoms with Crippen molar-refractivity contribution < 1.29 is 13.2 Å². The summed E-state index contributed by atoms with van der Waals surface area (Å²) in [5.41, 5.74) is 2.56. The van der Waals surface area contributed by atoms with Crippen molar-refractivity contribution in [1.29, 1.82) is 0 Å². The summed E-state index contributed by atoms with van der Waals surface area (Å²) in [7, 11) is -0.467. The van der Waals surface area contributed by atoms with Crippen molar-refractivity contribution in [2.24, 2.45) is 0 Å². The molecule has 1 aliphatic heterocycles. The molecule has 0 fully saturated rings. The van der Waals surface area contributed by atoms with Crippen LogP contribution in [0, 0.1) is 0 Å². The average Bonchev–Trinajstić information content (AvgIpc) is 3.04. The maximum Gasteiger partial charge on any atom is 0.251 e. The van der Waals surface area contributed by atoms with E-state index in [1.54, 1.807) is 35.3 Å². The van der Waals surface area contributed by atoms with Gasteiger partial charge in [-0.2, -0.15) is 0 Å². The van der Waals surface area contributed by atoms with Gasteiger partial charge < -0.3 is 4.90 Å². The molecule has 7 heteroatoms. The number of rotatable bonds is 4. The van der Waals surface area contributed by atoms with E-state index in [4.69, 9.17) is 0 Å². The largest absolute Gasteiger partial charge is 0.308 e. The molecule has 0 radical (unpaired) electrons. The molecule has 1 heterocycles. The summed E-state index contributed by atoms with van der Waals surface area (Å²) in [6.45, 7) is 0.542. The van der Waals surface area contributed by atoms with Gasteiger partial charge in [-0.1, -0.05) is 34.1 Å². The molecule has 136 valence electrons. The van der Waals surface area contributed by atoms with E-state index in [0.29, 0.717) is 13.0 Å². The third kappa shape index (κ3) is 3.60. The lowest BCUT2D eigenvalue weighted by Crippen LogP contribution is -2.27. The minimum atomic E-state index is -3.48. The van der Waals surface area contributed by atoms with Crippen molar-refractivity contribution in [3.8, 4) is 0 Å². The van der Waals surface area contributed by atoms with E-state index in [1.807, 2.05) is 24.3 Å². The fourth-order valence-corrected chi connectivity index (χ4v) is 4.21. The molecule has 0 spiro atoms. The Labute approximate surface area is 162 Å². The molecule has 0 saturated heterocycles. The number of sulfonamides is 1. The molecule has 0 aromatic heterocycles. The predicted octanol–water partition coefficient (Wildman–Crippen LogP) is 3.30. The van der Waals surface area contributed by atoms with Crippen molar-refractivity contribution in [3.63, 3.8) is 0 Å². The number of hydrogen-bond acceptors (Lipinski definition) is 3. The van der Waals surface area contributed by atoms with E-state index in [0.717, 1.165) is 21.3 Å². The maximum atomic E-state index is 12.6. The van der Waals surface area contributed by atoms with Crippen molar-refractivity contribution in [2.45, 2.75) is 11.3 Å². The van der Waals surface area contributed by atoms with Gasteiger partial charge in [-0.15, -0.1) is 0 Å². The van der Waals surface area contributed by atoms with Crippen LogP contribution >= 0.6 is 15.9 Å². The van der Waals surface area contributed by atoms with Gasteiger partial charge in [0.2, 0.25) is 10.0 Å². The molecule has 2 aromatic carbocycles. The summed E-state index contributed by atoms with van der Waals surface area (Å²) in [5.74, 6) is -0.122. The Balaban J connectivity index is 1.84. The van der Waals surface area contributed by atoms with Crippen LogP contribution in [0.5, 0.6) is 0 Å². The first-order valence-corrected chi connectivity index (χ1v) is 10.3. The van der Waals surface area contributed by atoms with Crippen LogP contribution in [0.1, 0.15) is 11.1 Å². The second kappa shape index (κ2) is 7.34. The van der Waals surface area contributed by atoms with E-state index < -0.39 is 10.0 Å². The van der Waals surface area contributed by atoms with Gasteiger partial charge in [0, 0.05) is 36.9 Å². The molecule has 0 saturated carbocycles. The highest BCUT2D eigenvalue weighted by Gasteiger charge is 2.26. The molecular formula is C19H19BrN2O3S. The molecule has 0 N–H and O–H groups in total. The number of fused-ring (bicyclic) bond motifs is 1. The Morgan fingerprint density at radius 2 is 1.92 bits per heavy atom. The van der Waals surface area contributed by atoms with Crippen molar-refractivity contribution in [2.75, 3.05) is 25.5 Å². The Morgan fingerprint density at radius 3 is 2.62 bits per heavy atom. The van der Waals surface area contributed by atoms with Gasteiger partial charge in [-0.25, -0.2) is 12.7 Å². The van der Waals surface area contributed by atoms with Crippen LogP contribution in [0.25, 0.3) is 6.08 Å². The summed E-state index contributed by atoms with van der Waals surface area (Å²) in [4.78, 5) is 14.5. The van der Waals surface area contributed by atoms with Gasteiger partial charge in [-0.3, -0.25) is 4.79 Å². The van der Waals surface area contributed by atoms with Crippen LogP contribution in [-0.2, 0) is 21.2 Å². The van der Waals surface area contributed by atoms with Crippen LogP contribution in [-0.4, -0.2) is 39.3 Å². The molecule has 26 heavy (non-hydrogen) atoms. The SMILES string of the molecule is CN(C)S(=O)(=O)c1ccc2c(c1)CCN2C(=O)C=Cc1ccccc1Br. The first kappa shape index (κ1) is 18.8. The molecule has 0 unspecified atom stereocenters. The predicted molar refractivity (Wildman–Crippen MR) is 107 cm³/mol. The normalized spacial score (nSPS) is 14.2. The molecule has 2 aromatic rings. The van der Waals surface area contributed by atoms with E-state index in [-0.39, 0.29) is 10.8 Å². The van der Waals surface area contributed by atoms with Gasteiger partial charge >= 0.3 is 0 Å². The van der Waals surface area contributed by atoms with Crippen LogP contribution in [0.3, 0.4) is 0 Å². The smallest absolute Gasteiger partial charge is 0.251 e. The van der Waals surface area contributed by atoms with E-state index >= 15 is 0 Å². The first-order chi connectivity index (χ1) is 12.3. The zero-order valence-electron chi connectivity index (χ0n) is 14.5. The highest BCUT2D eigenvalue weighted by atomic mass is 79.9. The lowest BCUT2D eigenvalue weighted by molar-refractivity contribution is -0.114. The van der Waals surface area contributed by atoms with Crippen molar-refractivity contribution >= 4 is 43.6 Å². The zero-order chi connectivity index (χ0) is 18.9. The average molecular weight is 435 g/mol. The Kier molecular flexibility index (Phi) is 5.32. The fraction of sp³-hybridized carbons (Fsp3) is 0.211. The summed E-state index contributed by atoms with van der Waals surface area (Å²) in [5, 5.41) is 0. The minimum absolute atomic E-state index is 0.122. The summed E-state index contributed by atoms with van der Waals surface area (Å²) in [6.07, 6.45) is 3.95. The number of carbonyl (C=O) groups excluding carboxylic acids is 1. The quantitative estimate of drug-likeness (QED) is 0.693. The summed E-state index contributed by atoms with van der Waals surface area (Å²) >= 11 is 3.46. The number of anilines is 1. The van der Waals surface area contributed by atoms with Gasteiger partial charge in [0.05, 0.1) is 4.90 Å². The van der Waals surface area contributed by atoms with E-state index in [9.17, 15) is 13.2 Å². The molecule has 1 amide bonds. The molecule has 0 atom stereocenters. The number of amides is 1.